The maximum Gasteiger partial charge on any atom is 0.335 e. The number of carbonyl (C=O) groups is 1. The number of aromatic carboxylic acids is 1. The highest BCUT2D eigenvalue weighted by Gasteiger charge is 2.27. The van der Waals surface area contributed by atoms with Crippen LogP contribution in [-0.2, 0) is 11.0 Å². The quantitative estimate of drug-likeness (QED) is 0.566. The van der Waals surface area contributed by atoms with Gasteiger partial charge in [0.1, 0.15) is 0 Å². The average Bonchev–Trinajstić information content (AvgIpc) is 2.73. The summed E-state index contributed by atoms with van der Waals surface area (Å²) >= 11 is 0. The molecule has 0 unspecified atom stereocenters. The predicted octanol–water partition coefficient (Wildman–Crippen LogP) is 4.08. The first kappa shape index (κ1) is 20.1. The first-order chi connectivity index (χ1) is 13.5. The lowest BCUT2D eigenvalue weighted by atomic mass is 10.0. The fourth-order valence-corrected chi connectivity index (χ4v) is 5.57. The Morgan fingerprint density at radius 2 is 1.39 bits per heavy atom. The molecule has 0 aromatic heterocycles. The summed E-state index contributed by atoms with van der Waals surface area (Å²) in [6, 6.07) is 26.0. The second-order valence-electron chi connectivity index (χ2n) is 6.95. The molecule has 3 aromatic rings. The molecule has 0 saturated heterocycles. The van der Waals surface area contributed by atoms with Crippen molar-refractivity contribution in [2.75, 3.05) is 6.54 Å². The lowest BCUT2D eigenvalue weighted by Crippen LogP contribution is -2.31. The maximum atomic E-state index is 13.9. The fraction of sp³-hybridized carbons (Fsp3) is 0.174. The summed E-state index contributed by atoms with van der Waals surface area (Å²) in [6.45, 7) is 2.68. The van der Waals surface area contributed by atoms with Crippen molar-refractivity contribution in [1.29, 1.82) is 0 Å². The lowest BCUT2D eigenvalue weighted by Gasteiger charge is -2.23. The lowest BCUT2D eigenvalue weighted by molar-refractivity contribution is 0.0697. The molecule has 2 N–H and O–H groups in total. The minimum absolute atomic E-state index is 0.233. The molecule has 0 bridgehead atoms. The molecule has 0 aliphatic rings. The molecule has 1 atom stereocenters. The van der Waals surface area contributed by atoms with Gasteiger partial charge >= 0.3 is 5.97 Å². The second kappa shape index (κ2) is 9.01. The van der Waals surface area contributed by atoms with Crippen molar-refractivity contribution in [3.63, 3.8) is 0 Å². The Kier molecular flexibility index (Phi) is 6.45. The van der Waals surface area contributed by atoms with E-state index in [9.17, 15) is 9.36 Å². The third-order valence-electron chi connectivity index (χ3n) is 4.69. The van der Waals surface area contributed by atoms with Crippen LogP contribution in [0.15, 0.2) is 84.9 Å². The van der Waals surface area contributed by atoms with Crippen molar-refractivity contribution in [3.05, 3.63) is 96.1 Å². The van der Waals surface area contributed by atoms with E-state index >= 15 is 0 Å². The summed E-state index contributed by atoms with van der Waals surface area (Å²) in [5.41, 5.74) is 1.35. The Bertz CT molecular complexity index is 913. The molecule has 0 radical (unpaired) electrons. The Labute approximate surface area is 165 Å². The third kappa shape index (κ3) is 4.78. The van der Waals surface area contributed by atoms with Gasteiger partial charge in [0.25, 0.3) is 0 Å². The SMILES string of the molecule is C[C@H](CNP(=O)(c1ccccc1)c1ccccc1)Cc1ccc(C(=O)O)cc1. The van der Waals surface area contributed by atoms with Gasteiger partial charge in [-0.1, -0.05) is 55.5 Å². The minimum Gasteiger partial charge on any atom is -0.478 e. The van der Waals surface area contributed by atoms with Gasteiger partial charge in [-0.05, 0) is 54.3 Å². The highest BCUT2D eigenvalue weighted by molar-refractivity contribution is 7.76. The largest absolute Gasteiger partial charge is 0.478 e. The Balaban J connectivity index is 1.73. The first-order valence-corrected chi connectivity index (χ1v) is 11.0. The van der Waals surface area contributed by atoms with Gasteiger partial charge in [-0.15, -0.1) is 0 Å². The van der Waals surface area contributed by atoms with Gasteiger partial charge in [-0.3, -0.25) is 9.65 Å². The van der Waals surface area contributed by atoms with Crippen LogP contribution in [0.5, 0.6) is 0 Å². The molecule has 0 amide bonds. The van der Waals surface area contributed by atoms with Gasteiger partial charge in [0.15, 0.2) is 0 Å². The first-order valence-electron chi connectivity index (χ1n) is 9.27. The predicted molar refractivity (Wildman–Crippen MR) is 114 cm³/mol. The van der Waals surface area contributed by atoms with Crippen LogP contribution in [0.3, 0.4) is 0 Å². The third-order valence-corrected chi connectivity index (χ3v) is 7.37. The van der Waals surface area contributed by atoms with Gasteiger partial charge < -0.3 is 5.11 Å². The summed E-state index contributed by atoms with van der Waals surface area (Å²) in [5, 5.41) is 13.9. The minimum atomic E-state index is -2.93. The maximum absolute atomic E-state index is 13.9. The van der Waals surface area contributed by atoms with Crippen LogP contribution in [0.2, 0.25) is 0 Å². The van der Waals surface area contributed by atoms with E-state index in [0.717, 1.165) is 22.6 Å². The second-order valence-corrected chi connectivity index (χ2v) is 9.52. The number of nitrogens with one attached hydrogen (secondary N) is 1. The zero-order chi connectivity index (χ0) is 20.0. The Hall–Kier alpha value is -2.68. The summed E-state index contributed by atoms with van der Waals surface area (Å²) < 4.78 is 13.9. The van der Waals surface area contributed by atoms with Gasteiger partial charge in [0.05, 0.1) is 5.56 Å². The molecule has 5 heteroatoms. The van der Waals surface area contributed by atoms with Crippen LogP contribution < -0.4 is 15.7 Å². The van der Waals surface area contributed by atoms with Gasteiger partial charge in [0.2, 0.25) is 7.29 Å². The van der Waals surface area contributed by atoms with E-state index in [1.807, 2.05) is 72.8 Å². The zero-order valence-electron chi connectivity index (χ0n) is 15.8. The molecule has 0 heterocycles. The van der Waals surface area contributed by atoms with E-state index in [1.54, 1.807) is 12.1 Å². The molecular weight excluding hydrogens is 369 g/mol. The smallest absolute Gasteiger partial charge is 0.335 e. The molecule has 0 aliphatic heterocycles. The van der Waals surface area contributed by atoms with Gasteiger partial charge in [-0.2, -0.15) is 0 Å². The molecule has 4 nitrogen and oxygen atoms in total. The van der Waals surface area contributed by atoms with E-state index < -0.39 is 13.3 Å². The Morgan fingerprint density at radius 3 is 1.86 bits per heavy atom. The van der Waals surface area contributed by atoms with Crippen LogP contribution in [0.4, 0.5) is 0 Å². The molecule has 0 aliphatic carbocycles. The van der Waals surface area contributed by atoms with Crippen LogP contribution >= 0.6 is 7.29 Å². The summed E-state index contributed by atoms with van der Waals surface area (Å²) in [7, 11) is -2.93. The number of benzene rings is 3. The summed E-state index contributed by atoms with van der Waals surface area (Å²) in [4.78, 5) is 11.0. The van der Waals surface area contributed by atoms with E-state index in [4.69, 9.17) is 5.11 Å². The van der Waals surface area contributed by atoms with Crippen LogP contribution in [0, 0.1) is 5.92 Å². The van der Waals surface area contributed by atoms with Gasteiger partial charge in [-0.25, -0.2) is 4.79 Å². The highest BCUT2D eigenvalue weighted by atomic mass is 31.2. The number of rotatable bonds is 8. The van der Waals surface area contributed by atoms with Crippen molar-refractivity contribution in [3.8, 4) is 0 Å². The topological polar surface area (TPSA) is 66.4 Å². The molecule has 0 saturated carbocycles. The van der Waals surface area contributed by atoms with Crippen molar-refractivity contribution in [2.45, 2.75) is 13.3 Å². The number of carboxylic acids is 1. The van der Waals surface area contributed by atoms with Crippen molar-refractivity contribution in [2.24, 2.45) is 5.92 Å². The van der Waals surface area contributed by atoms with Crippen LogP contribution in [-0.4, -0.2) is 17.6 Å². The molecule has 144 valence electrons. The summed E-state index contributed by atoms with van der Waals surface area (Å²) in [5.74, 6) is -0.690. The van der Waals surface area contributed by atoms with E-state index in [-0.39, 0.29) is 11.5 Å². The van der Waals surface area contributed by atoms with E-state index in [1.165, 1.54) is 0 Å². The molecule has 28 heavy (non-hydrogen) atoms. The molecule has 3 rings (SSSR count). The van der Waals surface area contributed by atoms with E-state index in [0.29, 0.717) is 6.54 Å². The molecule has 3 aromatic carbocycles. The molecule has 0 fully saturated rings. The van der Waals surface area contributed by atoms with Crippen LogP contribution in [0.1, 0.15) is 22.8 Å². The van der Waals surface area contributed by atoms with Crippen LogP contribution in [0.25, 0.3) is 0 Å². The number of hydrogen-bond donors (Lipinski definition) is 2. The highest BCUT2D eigenvalue weighted by Crippen LogP contribution is 2.38. The average molecular weight is 393 g/mol. The van der Waals surface area contributed by atoms with Crippen molar-refractivity contribution < 1.29 is 14.5 Å². The standard InChI is InChI=1S/C23H24NO3P/c1-18(16-19-12-14-20(15-13-19)23(25)26)17-24-28(27,21-8-4-2-5-9-21)22-10-6-3-7-11-22/h2-15,18H,16-17H2,1H3,(H,24,27)(H,25,26)/t18-/m0/s1. The normalized spacial score (nSPS) is 12.5. The monoisotopic (exact) mass is 393 g/mol. The van der Waals surface area contributed by atoms with Crippen molar-refractivity contribution in [1.82, 2.24) is 5.09 Å². The number of carboxylic acid groups (broad SMARTS) is 1. The zero-order valence-corrected chi connectivity index (χ0v) is 16.7. The molecular formula is C23H24NO3P. The fourth-order valence-electron chi connectivity index (χ4n) is 3.15. The molecule has 0 spiro atoms. The van der Waals surface area contributed by atoms with Gasteiger partial charge in [0, 0.05) is 17.2 Å². The van der Waals surface area contributed by atoms with E-state index in [2.05, 4.69) is 12.0 Å². The van der Waals surface area contributed by atoms with Crippen molar-refractivity contribution >= 4 is 23.9 Å². The Morgan fingerprint density at radius 1 is 0.893 bits per heavy atom. The summed E-state index contributed by atoms with van der Waals surface area (Å²) in [6.07, 6.45) is 0.774. The number of hydrogen-bond acceptors (Lipinski definition) is 2.